The van der Waals surface area contributed by atoms with Gasteiger partial charge in [-0.05, 0) is 18.6 Å². The summed E-state index contributed by atoms with van der Waals surface area (Å²) in [5.41, 5.74) is 2.84. The maximum Gasteiger partial charge on any atom is 0.227 e. The molecule has 1 aromatic heterocycles. The molecule has 108 valence electrons. The van der Waals surface area contributed by atoms with Gasteiger partial charge in [0.2, 0.25) is 11.0 Å². The molecule has 0 aliphatic carbocycles. The number of rotatable bonds is 2. The van der Waals surface area contributed by atoms with Crippen LogP contribution in [0.4, 0.5) is 10.8 Å². The molecular weight excluding hydrogens is 284 g/mol. The van der Waals surface area contributed by atoms with Crippen molar-refractivity contribution < 1.29 is 4.79 Å². The van der Waals surface area contributed by atoms with Crippen LogP contribution in [0.3, 0.4) is 0 Å². The van der Waals surface area contributed by atoms with Crippen LogP contribution in [0.1, 0.15) is 12.8 Å². The molecule has 2 fully saturated rings. The fourth-order valence-electron chi connectivity index (χ4n) is 3.42. The lowest BCUT2D eigenvalue weighted by Gasteiger charge is -2.23. The lowest BCUT2D eigenvalue weighted by molar-refractivity contribution is -0.117. The number of nitrogens with zero attached hydrogens (tertiary/aromatic N) is 4. The molecule has 4 rings (SSSR count). The maximum absolute atomic E-state index is 12.4. The molecule has 0 bridgehead atoms. The van der Waals surface area contributed by atoms with E-state index in [9.17, 15) is 4.79 Å². The van der Waals surface area contributed by atoms with Gasteiger partial charge < -0.3 is 9.80 Å². The van der Waals surface area contributed by atoms with Gasteiger partial charge in [0.25, 0.3) is 0 Å². The van der Waals surface area contributed by atoms with E-state index in [1.807, 2.05) is 35.2 Å². The van der Waals surface area contributed by atoms with Gasteiger partial charge >= 0.3 is 0 Å². The minimum absolute atomic E-state index is 0.0681. The Kier molecular flexibility index (Phi) is 2.92. The molecular formula is C15H16N4OS. The Labute approximate surface area is 127 Å². The minimum atomic E-state index is 0.0681. The molecule has 2 saturated heterocycles. The number of carbonyl (C=O) groups excluding carboxylic acids is 1. The molecule has 1 unspecified atom stereocenters. The fraction of sp³-hybridized carbons (Fsp3) is 0.400. The van der Waals surface area contributed by atoms with E-state index in [0.717, 1.165) is 36.9 Å². The van der Waals surface area contributed by atoms with Crippen LogP contribution < -0.4 is 9.80 Å². The van der Waals surface area contributed by atoms with E-state index in [4.69, 9.17) is 0 Å². The van der Waals surface area contributed by atoms with Gasteiger partial charge in [0.05, 0.1) is 0 Å². The highest BCUT2D eigenvalue weighted by molar-refractivity contribution is 7.13. The van der Waals surface area contributed by atoms with Crippen molar-refractivity contribution in [3.8, 4) is 0 Å². The second-order valence-corrected chi connectivity index (χ2v) is 6.70. The summed E-state index contributed by atoms with van der Waals surface area (Å²) in [6.07, 6.45) is 1.68. The Morgan fingerprint density at radius 3 is 2.81 bits per heavy atom. The summed E-state index contributed by atoms with van der Waals surface area (Å²) >= 11 is 1.57. The standard InChI is InChI=1S/C15H16N4OS/c20-13-8-15(10-19(13)12-4-2-1-3-5-12)6-7-18(9-15)14-17-16-11-21-14/h1-5,11H,6-10H2. The number of hydrogen-bond acceptors (Lipinski definition) is 5. The van der Waals surface area contributed by atoms with Crippen LogP contribution in [0.2, 0.25) is 0 Å². The molecule has 5 nitrogen and oxygen atoms in total. The van der Waals surface area contributed by atoms with E-state index < -0.39 is 0 Å². The lowest BCUT2D eigenvalue weighted by Crippen LogP contribution is -2.31. The summed E-state index contributed by atoms with van der Waals surface area (Å²) in [6.45, 7) is 2.67. The van der Waals surface area contributed by atoms with Gasteiger partial charge in [0.15, 0.2) is 0 Å². The molecule has 1 atom stereocenters. The van der Waals surface area contributed by atoms with E-state index in [-0.39, 0.29) is 11.3 Å². The molecule has 2 aliphatic heterocycles. The minimum Gasteiger partial charge on any atom is -0.346 e. The normalized spacial score (nSPS) is 25.2. The summed E-state index contributed by atoms with van der Waals surface area (Å²) in [4.78, 5) is 16.6. The van der Waals surface area contributed by atoms with Gasteiger partial charge in [-0.1, -0.05) is 29.5 Å². The summed E-state index contributed by atoms with van der Waals surface area (Å²) in [7, 11) is 0. The highest BCUT2D eigenvalue weighted by Crippen LogP contribution is 2.43. The number of hydrogen-bond donors (Lipinski definition) is 0. The molecule has 1 spiro atoms. The molecule has 2 aromatic rings. The first-order valence-corrected chi connectivity index (χ1v) is 8.00. The zero-order chi connectivity index (χ0) is 14.3. The largest absolute Gasteiger partial charge is 0.346 e. The monoisotopic (exact) mass is 300 g/mol. The van der Waals surface area contributed by atoms with Crippen molar-refractivity contribution in [2.75, 3.05) is 29.4 Å². The van der Waals surface area contributed by atoms with Crippen molar-refractivity contribution in [1.29, 1.82) is 0 Å². The average molecular weight is 300 g/mol. The molecule has 1 amide bonds. The molecule has 3 heterocycles. The van der Waals surface area contributed by atoms with Crippen molar-refractivity contribution in [3.63, 3.8) is 0 Å². The quantitative estimate of drug-likeness (QED) is 0.853. The zero-order valence-electron chi connectivity index (χ0n) is 11.6. The Bertz CT molecular complexity index is 645. The van der Waals surface area contributed by atoms with E-state index in [1.165, 1.54) is 0 Å². The van der Waals surface area contributed by atoms with Gasteiger partial charge in [-0.2, -0.15) is 0 Å². The average Bonchev–Trinajstić information content (AvgIpc) is 3.21. The number of aromatic nitrogens is 2. The topological polar surface area (TPSA) is 49.3 Å². The first kappa shape index (κ1) is 12.8. The fourth-order valence-corrected chi connectivity index (χ4v) is 4.00. The molecule has 0 radical (unpaired) electrons. The third-order valence-electron chi connectivity index (χ3n) is 4.45. The Morgan fingerprint density at radius 2 is 2.05 bits per heavy atom. The second kappa shape index (κ2) is 4.80. The zero-order valence-corrected chi connectivity index (χ0v) is 12.4. The van der Waals surface area contributed by atoms with Gasteiger partial charge in [0.1, 0.15) is 5.51 Å². The summed E-state index contributed by atoms with van der Waals surface area (Å²) in [5, 5.41) is 9.02. The molecule has 6 heteroatoms. The van der Waals surface area contributed by atoms with Crippen molar-refractivity contribution >= 4 is 28.1 Å². The van der Waals surface area contributed by atoms with Crippen molar-refractivity contribution in [3.05, 3.63) is 35.8 Å². The first-order chi connectivity index (χ1) is 10.3. The van der Waals surface area contributed by atoms with Crippen molar-refractivity contribution in [1.82, 2.24) is 10.2 Å². The van der Waals surface area contributed by atoms with Crippen molar-refractivity contribution in [2.45, 2.75) is 12.8 Å². The van der Waals surface area contributed by atoms with E-state index >= 15 is 0 Å². The third-order valence-corrected chi connectivity index (χ3v) is 5.20. The molecule has 1 aromatic carbocycles. The molecule has 0 N–H and O–H groups in total. The van der Waals surface area contributed by atoms with Gasteiger partial charge in [-0.25, -0.2) is 0 Å². The second-order valence-electron chi connectivity index (χ2n) is 5.89. The Balaban J connectivity index is 1.54. The number of para-hydroxylation sites is 1. The van der Waals surface area contributed by atoms with Crippen LogP contribution in [-0.4, -0.2) is 35.7 Å². The smallest absolute Gasteiger partial charge is 0.227 e. The highest BCUT2D eigenvalue weighted by Gasteiger charge is 2.48. The predicted molar refractivity (Wildman–Crippen MR) is 82.6 cm³/mol. The SMILES string of the molecule is O=C1CC2(CCN(c3nncs3)C2)CN1c1ccccc1. The summed E-state index contributed by atoms with van der Waals surface area (Å²) < 4.78 is 0. The van der Waals surface area contributed by atoms with Crippen LogP contribution in [0.5, 0.6) is 0 Å². The number of carbonyl (C=O) groups is 1. The van der Waals surface area contributed by atoms with Crippen LogP contribution in [0.25, 0.3) is 0 Å². The third kappa shape index (κ3) is 2.19. The number of anilines is 2. The first-order valence-electron chi connectivity index (χ1n) is 7.12. The number of amides is 1. The summed E-state index contributed by atoms with van der Waals surface area (Å²) in [5.74, 6) is 0.236. The van der Waals surface area contributed by atoms with Crippen LogP contribution >= 0.6 is 11.3 Å². The van der Waals surface area contributed by atoms with Crippen molar-refractivity contribution in [2.24, 2.45) is 5.41 Å². The van der Waals surface area contributed by atoms with Gasteiger partial charge in [-0.15, -0.1) is 10.2 Å². The lowest BCUT2D eigenvalue weighted by atomic mass is 9.86. The maximum atomic E-state index is 12.4. The van der Waals surface area contributed by atoms with E-state index in [1.54, 1.807) is 16.8 Å². The summed E-state index contributed by atoms with van der Waals surface area (Å²) in [6, 6.07) is 9.96. The van der Waals surface area contributed by atoms with Crippen LogP contribution in [0, 0.1) is 5.41 Å². The van der Waals surface area contributed by atoms with Crippen LogP contribution in [-0.2, 0) is 4.79 Å². The van der Waals surface area contributed by atoms with Crippen LogP contribution in [0.15, 0.2) is 35.8 Å². The number of benzene rings is 1. The van der Waals surface area contributed by atoms with E-state index in [2.05, 4.69) is 15.1 Å². The highest BCUT2D eigenvalue weighted by atomic mass is 32.1. The molecule has 21 heavy (non-hydrogen) atoms. The molecule has 0 saturated carbocycles. The Hall–Kier alpha value is -1.95. The molecule has 2 aliphatic rings. The Morgan fingerprint density at radius 1 is 1.19 bits per heavy atom. The predicted octanol–water partition coefficient (Wildman–Crippen LogP) is 2.17. The van der Waals surface area contributed by atoms with Gasteiger partial charge in [-0.3, -0.25) is 4.79 Å². The van der Waals surface area contributed by atoms with Gasteiger partial charge in [0, 0.05) is 37.2 Å². The van der Waals surface area contributed by atoms with E-state index in [0.29, 0.717) is 6.42 Å².